The fraction of sp³-hybridized carbons (Fsp3) is 0.167. The van der Waals surface area contributed by atoms with E-state index in [1.165, 1.54) is 9.14 Å². The number of benzene rings is 1. The molecule has 0 heterocycles. The van der Waals surface area contributed by atoms with E-state index in [0.29, 0.717) is 5.92 Å². The minimum Gasteiger partial charge on any atom is -0.0757 e. The predicted molar refractivity (Wildman–Crippen MR) is 72.7 cm³/mol. The second-order valence-electron chi connectivity index (χ2n) is 3.34. The van der Waals surface area contributed by atoms with Gasteiger partial charge in [-0.3, -0.25) is 0 Å². The Labute approximate surface area is 106 Å². The zero-order chi connectivity index (χ0) is 9.97. The van der Waals surface area contributed by atoms with E-state index in [4.69, 9.17) is 0 Å². The van der Waals surface area contributed by atoms with Crippen molar-refractivity contribution < 1.29 is 0 Å². The standard InChI is InChI=1S/C12H10BrI/c13-11-5-1-9(2-6-11)10-3-7-12(14)8-4-10/h1-3,5-8,10H,4H2. The lowest BCUT2D eigenvalue weighted by Gasteiger charge is -2.14. The van der Waals surface area contributed by atoms with Gasteiger partial charge in [0.15, 0.2) is 0 Å². The normalized spacial score (nSPS) is 20.7. The van der Waals surface area contributed by atoms with Crippen LogP contribution in [-0.4, -0.2) is 0 Å². The third-order valence-corrected chi connectivity index (χ3v) is 3.68. The Morgan fingerprint density at radius 2 is 1.93 bits per heavy atom. The van der Waals surface area contributed by atoms with Gasteiger partial charge in [-0.15, -0.1) is 0 Å². The van der Waals surface area contributed by atoms with Gasteiger partial charge in [0, 0.05) is 14.0 Å². The van der Waals surface area contributed by atoms with Crippen LogP contribution >= 0.6 is 38.5 Å². The fourth-order valence-corrected chi connectivity index (χ4v) is 2.28. The molecule has 0 aliphatic heterocycles. The smallest absolute Gasteiger partial charge is 0.0175 e. The molecule has 2 rings (SSSR count). The van der Waals surface area contributed by atoms with Gasteiger partial charge < -0.3 is 0 Å². The van der Waals surface area contributed by atoms with E-state index in [9.17, 15) is 0 Å². The summed E-state index contributed by atoms with van der Waals surface area (Å²) in [4.78, 5) is 0. The van der Waals surface area contributed by atoms with Gasteiger partial charge >= 0.3 is 0 Å². The van der Waals surface area contributed by atoms with Crippen LogP contribution in [0, 0.1) is 0 Å². The van der Waals surface area contributed by atoms with Crippen LogP contribution in [0.2, 0.25) is 0 Å². The molecule has 1 aliphatic rings. The lowest BCUT2D eigenvalue weighted by Crippen LogP contribution is -1.96. The van der Waals surface area contributed by atoms with E-state index in [0.717, 1.165) is 10.9 Å². The fourth-order valence-electron chi connectivity index (χ4n) is 1.55. The molecule has 0 nitrogen and oxygen atoms in total. The zero-order valence-electron chi connectivity index (χ0n) is 7.58. The molecule has 14 heavy (non-hydrogen) atoms. The molecular weight excluding hydrogens is 351 g/mol. The first kappa shape index (κ1) is 10.4. The first-order valence-electron chi connectivity index (χ1n) is 4.55. The van der Waals surface area contributed by atoms with Crippen LogP contribution in [0.3, 0.4) is 0 Å². The van der Waals surface area contributed by atoms with Gasteiger partial charge in [-0.2, -0.15) is 0 Å². The van der Waals surface area contributed by atoms with Crippen molar-refractivity contribution in [1.29, 1.82) is 0 Å². The number of hydrogen-bond acceptors (Lipinski definition) is 0. The summed E-state index contributed by atoms with van der Waals surface area (Å²) in [6, 6.07) is 8.58. The lowest BCUT2D eigenvalue weighted by molar-refractivity contribution is 0.853. The minimum absolute atomic E-state index is 0.557. The highest BCUT2D eigenvalue weighted by Crippen LogP contribution is 2.29. The maximum absolute atomic E-state index is 3.45. The Hall–Kier alpha value is -0.0900. The van der Waals surface area contributed by atoms with Gasteiger partial charge in [0.1, 0.15) is 0 Å². The summed E-state index contributed by atoms with van der Waals surface area (Å²) in [7, 11) is 0. The summed E-state index contributed by atoms with van der Waals surface area (Å²) in [6.07, 6.45) is 7.88. The van der Waals surface area contributed by atoms with Crippen molar-refractivity contribution in [2.24, 2.45) is 0 Å². The minimum atomic E-state index is 0.557. The molecule has 1 aromatic carbocycles. The molecule has 0 bridgehead atoms. The van der Waals surface area contributed by atoms with E-state index in [-0.39, 0.29) is 0 Å². The first-order valence-corrected chi connectivity index (χ1v) is 6.42. The zero-order valence-corrected chi connectivity index (χ0v) is 11.3. The van der Waals surface area contributed by atoms with E-state index in [1.807, 2.05) is 0 Å². The molecule has 72 valence electrons. The van der Waals surface area contributed by atoms with E-state index in [1.54, 1.807) is 0 Å². The molecular formula is C12H10BrI. The van der Waals surface area contributed by atoms with Gasteiger partial charge in [0.25, 0.3) is 0 Å². The molecule has 0 N–H and O–H groups in total. The van der Waals surface area contributed by atoms with Crippen molar-refractivity contribution in [2.75, 3.05) is 0 Å². The molecule has 0 fully saturated rings. The van der Waals surface area contributed by atoms with Gasteiger partial charge in [-0.25, -0.2) is 0 Å². The average Bonchev–Trinajstić information content (AvgIpc) is 2.21. The SMILES string of the molecule is Brc1ccc(C2C=CC(I)=CC2)cc1. The molecule has 0 saturated carbocycles. The second-order valence-corrected chi connectivity index (χ2v) is 5.50. The van der Waals surface area contributed by atoms with Gasteiger partial charge in [-0.05, 0) is 46.7 Å². The molecule has 0 amide bonds. The average molecular weight is 361 g/mol. The molecule has 1 aromatic rings. The van der Waals surface area contributed by atoms with E-state index in [2.05, 4.69) is 81.0 Å². The quantitative estimate of drug-likeness (QED) is 0.630. The van der Waals surface area contributed by atoms with Gasteiger partial charge in [-0.1, -0.05) is 46.3 Å². The summed E-state index contributed by atoms with van der Waals surface area (Å²) >= 11 is 5.81. The molecule has 1 unspecified atom stereocenters. The van der Waals surface area contributed by atoms with Crippen LogP contribution in [0.15, 0.2) is 50.5 Å². The third kappa shape index (κ3) is 2.48. The number of allylic oxidation sites excluding steroid dienone is 4. The van der Waals surface area contributed by atoms with Crippen molar-refractivity contribution in [3.63, 3.8) is 0 Å². The number of halogens is 2. The van der Waals surface area contributed by atoms with Crippen LogP contribution in [0.4, 0.5) is 0 Å². The largest absolute Gasteiger partial charge is 0.0757 e. The van der Waals surface area contributed by atoms with Crippen LogP contribution in [0.25, 0.3) is 0 Å². The summed E-state index contributed by atoms with van der Waals surface area (Å²) in [6.45, 7) is 0. The van der Waals surface area contributed by atoms with Gasteiger partial charge in [0.2, 0.25) is 0 Å². The summed E-state index contributed by atoms with van der Waals surface area (Å²) in [5.74, 6) is 0.557. The highest BCUT2D eigenvalue weighted by molar-refractivity contribution is 14.1. The van der Waals surface area contributed by atoms with Crippen LogP contribution in [0.1, 0.15) is 17.9 Å². The Kier molecular flexibility index (Phi) is 3.44. The van der Waals surface area contributed by atoms with E-state index >= 15 is 0 Å². The molecule has 0 radical (unpaired) electrons. The van der Waals surface area contributed by atoms with Crippen molar-refractivity contribution >= 4 is 38.5 Å². The van der Waals surface area contributed by atoms with Crippen LogP contribution in [-0.2, 0) is 0 Å². The van der Waals surface area contributed by atoms with Crippen molar-refractivity contribution in [3.8, 4) is 0 Å². The molecule has 2 heteroatoms. The lowest BCUT2D eigenvalue weighted by atomic mass is 9.93. The second kappa shape index (κ2) is 4.62. The third-order valence-electron chi connectivity index (χ3n) is 2.35. The Balaban J connectivity index is 2.18. The molecule has 0 spiro atoms. The number of rotatable bonds is 1. The molecule has 0 aromatic heterocycles. The highest BCUT2D eigenvalue weighted by atomic mass is 127. The number of hydrogen-bond donors (Lipinski definition) is 0. The summed E-state index contributed by atoms with van der Waals surface area (Å²) < 4.78 is 2.49. The first-order chi connectivity index (χ1) is 6.75. The maximum atomic E-state index is 3.45. The van der Waals surface area contributed by atoms with Gasteiger partial charge in [0.05, 0.1) is 0 Å². The van der Waals surface area contributed by atoms with Crippen LogP contribution < -0.4 is 0 Å². The highest BCUT2D eigenvalue weighted by Gasteiger charge is 2.09. The molecule has 0 saturated heterocycles. The molecule has 1 aliphatic carbocycles. The molecule has 1 atom stereocenters. The van der Waals surface area contributed by atoms with Crippen molar-refractivity contribution in [2.45, 2.75) is 12.3 Å². The maximum Gasteiger partial charge on any atom is 0.0175 e. The van der Waals surface area contributed by atoms with Crippen LogP contribution in [0.5, 0.6) is 0 Å². The van der Waals surface area contributed by atoms with Crippen molar-refractivity contribution in [3.05, 3.63) is 56.1 Å². The Morgan fingerprint density at radius 1 is 1.21 bits per heavy atom. The Bertz CT molecular complexity index is 376. The summed E-state index contributed by atoms with van der Waals surface area (Å²) in [5, 5.41) is 0. The monoisotopic (exact) mass is 360 g/mol. The predicted octanol–water partition coefficient (Wildman–Crippen LogP) is 4.81. The topological polar surface area (TPSA) is 0 Å². The summed E-state index contributed by atoms with van der Waals surface area (Å²) in [5.41, 5.74) is 1.39. The van der Waals surface area contributed by atoms with E-state index < -0.39 is 0 Å². The van der Waals surface area contributed by atoms with Crippen molar-refractivity contribution in [1.82, 2.24) is 0 Å². The Morgan fingerprint density at radius 3 is 2.50 bits per heavy atom.